The van der Waals surface area contributed by atoms with Gasteiger partial charge in [0.1, 0.15) is 11.9 Å². The molecule has 0 radical (unpaired) electrons. The fraction of sp³-hybridized carbons (Fsp3) is 0.419. The number of aliphatic carboxylic acids is 1. The van der Waals surface area contributed by atoms with E-state index in [9.17, 15) is 9.90 Å². The molecule has 1 aromatic heterocycles. The Balaban J connectivity index is 1.40. The van der Waals surface area contributed by atoms with Crippen molar-refractivity contribution in [2.75, 3.05) is 26.7 Å². The third-order valence-electron chi connectivity index (χ3n) is 7.49. The minimum Gasteiger partial charge on any atom is -0.497 e. The number of carbonyl (C=O) groups is 1. The Morgan fingerprint density at radius 2 is 2.05 bits per heavy atom. The summed E-state index contributed by atoms with van der Waals surface area (Å²) in [5, 5.41) is 10.1. The Labute approximate surface area is 218 Å². The molecule has 1 aliphatic rings. The van der Waals surface area contributed by atoms with Crippen molar-refractivity contribution in [2.24, 2.45) is 11.8 Å². The van der Waals surface area contributed by atoms with Gasteiger partial charge < -0.3 is 9.84 Å². The molecule has 0 bridgehead atoms. The molecular formula is C31H35FN2O3. The zero-order chi connectivity index (χ0) is 26.2. The maximum atomic E-state index is 15.5. The number of pyridine rings is 1. The number of ether oxygens (including phenoxy) is 1. The first-order valence-corrected chi connectivity index (χ1v) is 13.0. The Kier molecular flexibility index (Phi) is 9.14. The van der Waals surface area contributed by atoms with Crippen LogP contribution in [-0.2, 0) is 4.79 Å². The van der Waals surface area contributed by atoms with Gasteiger partial charge in [-0.1, -0.05) is 30.0 Å². The quantitative estimate of drug-likeness (QED) is 0.353. The van der Waals surface area contributed by atoms with Crippen molar-refractivity contribution in [1.29, 1.82) is 0 Å². The summed E-state index contributed by atoms with van der Waals surface area (Å²) < 4.78 is 20.9. The maximum absolute atomic E-state index is 15.5. The molecule has 3 atom stereocenters. The fourth-order valence-electron chi connectivity index (χ4n) is 5.34. The predicted molar refractivity (Wildman–Crippen MR) is 144 cm³/mol. The lowest BCUT2D eigenvalue weighted by atomic mass is 9.79. The third-order valence-corrected chi connectivity index (χ3v) is 7.49. The summed E-state index contributed by atoms with van der Waals surface area (Å²) in [6, 6.07) is 15.4. The Hall–Kier alpha value is -3.43. The SMILES string of the molecule is COc1ccc2nccc([C@@H](F)CCC3CCN(CC#Cc4ccccc4C)CC3CCC(=O)O)c2c1. The highest BCUT2D eigenvalue weighted by molar-refractivity contribution is 5.83. The topological polar surface area (TPSA) is 62.7 Å². The molecule has 0 amide bonds. The molecular weight excluding hydrogens is 467 g/mol. The van der Waals surface area contributed by atoms with E-state index in [0.717, 1.165) is 48.0 Å². The van der Waals surface area contributed by atoms with Gasteiger partial charge in [0, 0.05) is 30.1 Å². The molecule has 194 valence electrons. The summed E-state index contributed by atoms with van der Waals surface area (Å²) in [4.78, 5) is 18.0. The van der Waals surface area contributed by atoms with Gasteiger partial charge in [0.25, 0.3) is 0 Å². The minimum atomic E-state index is -1.12. The summed E-state index contributed by atoms with van der Waals surface area (Å²) in [5.74, 6) is 6.97. The number of nitrogens with zero attached hydrogens (tertiary/aromatic N) is 2. The molecule has 6 heteroatoms. The van der Waals surface area contributed by atoms with Crippen LogP contribution < -0.4 is 4.74 Å². The second-order valence-electron chi connectivity index (χ2n) is 9.92. The molecule has 0 aliphatic carbocycles. The van der Waals surface area contributed by atoms with Gasteiger partial charge in [0.15, 0.2) is 0 Å². The molecule has 1 fully saturated rings. The molecule has 1 aliphatic heterocycles. The molecule has 5 nitrogen and oxygen atoms in total. The maximum Gasteiger partial charge on any atom is 0.303 e. The van der Waals surface area contributed by atoms with E-state index < -0.39 is 12.1 Å². The second-order valence-corrected chi connectivity index (χ2v) is 9.92. The van der Waals surface area contributed by atoms with Crippen molar-refractivity contribution in [2.45, 2.75) is 45.2 Å². The van der Waals surface area contributed by atoms with E-state index in [1.807, 2.05) is 36.4 Å². The molecule has 1 saturated heterocycles. The van der Waals surface area contributed by atoms with Gasteiger partial charge in [0.2, 0.25) is 0 Å². The average Bonchev–Trinajstić information content (AvgIpc) is 2.91. The molecule has 0 saturated carbocycles. The van der Waals surface area contributed by atoms with E-state index in [4.69, 9.17) is 4.74 Å². The van der Waals surface area contributed by atoms with E-state index in [2.05, 4.69) is 34.7 Å². The fourth-order valence-corrected chi connectivity index (χ4v) is 5.34. The number of rotatable bonds is 9. The van der Waals surface area contributed by atoms with Crippen molar-refractivity contribution < 1.29 is 19.0 Å². The highest BCUT2D eigenvalue weighted by Crippen LogP contribution is 2.36. The summed E-state index contributed by atoms with van der Waals surface area (Å²) in [6.07, 6.45) is 3.33. The second kappa shape index (κ2) is 12.7. The predicted octanol–water partition coefficient (Wildman–Crippen LogP) is 6.20. The van der Waals surface area contributed by atoms with Crippen LogP contribution in [0, 0.1) is 30.6 Å². The van der Waals surface area contributed by atoms with Gasteiger partial charge >= 0.3 is 5.97 Å². The third kappa shape index (κ3) is 7.08. The van der Waals surface area contributed by atoms with Crippen LogP contribution in [0.3, 0.4) is 0 Å². The minimum absolute atomic E-state index is 0.137. The number of aromatic nitrogens is 1. The number of carboxylic acid groups (broad SMARTS) is 1. The van der Waals surface area contributed by atoms with Crippen LogP contribution in [0.4, 0.5) is 4.39 Å². The van der Waals surface area contributed by atoms with Gasteiger partial charge in [-0.05, 0) is 92.4 Å². The lowest BCUT2D eigenvalue weighted by molar-refractivity contribution is -0.137. The largest absolute Gasteiger partial charge is 0.497 e. The van der Waals surface area contributed by atoms with Crippen LogP contribution in [0.2, 0.25) is 0 Å². The standard InChI is InChI=1S/C31H35FN2O3/c1-22-6-3-4-7-23(22)8-5-18-34-19-16-24(25(21-34)10-14-31(35)36)9-12-29(32)27-15-17-33-30-13-11-26(37-2)20-28(27)30/h3-4,6-7,11,13,15,17,20,24-25,29H,9-10,12,14,16,18-19,21H2,1-2H3,(H,35,36)/t24?,25?,29-/m0/s1. The highest BCUT2D eigenvalue weighted by Gasteiger charge is 2.30. The number of halogens is 1. The Morgan fingerprint density at radius 3 is 2.84 bits per heavy atom. The number of carboxylic acids is 1. The van der Waals surface area contributed by atoms with E-state index in [1.165, 1.54) is 0 Å². The van der Waals surface area contributed by atoms with Gasteiger partial charge in [-0.3, -0.25) is 14.7 Å². The summed E-state index contributed by atoms with van der Waals surface area (Å²) in [5.41, 5.74) is 3.58. The van der Waals surface area contributed by atoms with Crippen molar-refractivity contribution >= 4 is 16.9 Å². The number of hydrogen-bond donors (Lipinski definition) is 1. The van der Waals surface area contributed by atoms with E-state index >= 15 is 4.39 Å². The van der Waals surface area contributed by atoms with E-state index in [1.54, 1.807) is 19.4 Å². The zero-order valence-corrected chi connectivity index (χ0v) is 21.6. The molecule has 37 heavy (non-hydrogen) atoms. The van der Waals surface area contributed by atoms with Gasteiger partial charge in [-0.2, -0.15) is 0 Å². The van der Waals surface area contributed by atoms with Crippen LogP contribution in [0.25, 0.3) is 10.9 Å². The normalized spacial score (nSPS) is 18.7. The van der Waals surface area contributed by atoms with Gasteiger partial charge in [-0.25, -0.2) is 4.39 Å². The lowest BCUT2D eigenvalue weighted by Gasteiger charge is -2.38. The number of likely N-dealkylation sites (tertiary alicyclic amines) is 1. The molecule has 1 N–H and O–H groups in total. The molecule has 2 aromatic carbocycles. The van der Waals surface area contributed by atoms with Gasteiger partial charge in [-0.15, -0.1) is 0 Å². The average molecular weight is 503 g/mol. The molecule has 0 spiro atoms. The summed E-state index contributed by atoms with van der Waals surface area (Å²) in [6.45, 7) is 4.40. The van der Waals surface area contributed by atoms with Gasteiger partial charge in [0.05, 0.1) is 19.2 Å². The number of methoxy groups -OCH3 is 1. The van der Waals surface area contributed by atoms with E-state index in [0.29, 0.717) is 36.6 Å². The number of benzene rings is 2. The number of aryl methyl sites for hydroxylation is 1. The van der Waals surface area contributed by atoms with Crippen LogP contribution in [0.1, 0.15) is 55.0 Å². The number of hydrogen-bond acceptors (Lipinski definition) is 4. The highest BCUT2D eigenvalue weighted by atomic mass is 19.1. The number of fused-ring (bicyclic) bond motifs is 1. The Bertz CT molecular complexity index is 1280. The molecule has 3 aromatic rings. The summed E-state index contributed by atoms with van der Waals surface area (Å²) >= 11 is 0. The van der Waals surface area contributed by atoms with Crippen molar-refractivity contribution in [1.82, 2.24) is 9.88 Å². The zero-order valence-electron chi connectivity index (χ0n) is 21.6. The molecule has 2 unspecified atom stereocenters. The first kappa shape index (κ1) is 26.6. The number of alkyl halides is 1. The monoisotopic (exact) mass is 502 g/mol. The Morgan fingerprint density at radius 1 is 1.22 bits per heavy atom. The molecule has 4 rings (SSSR count). The van der Waals surface area contributed by atoms with E-state index in [-0.39, 0.29) is 12.3 Å². The number of piperidine rings is 1. The van der Waals surface area contributed by atoms with Crippen LogP contribution in [0.5, 0.6) is 5.75 Å². The van der Waals surface area contributed by atoms with Crippen molar-refractivity contribution in [3.63, 3.8) is 0 Å². The first-order valence-electron chi connectivity index (χ1n) is 13.0. The smallest absolute Gasteiger partial charge is 0.303 e. The summed E-state index contributed by atoms with van der Waals surface area (Å²) in [7, 11) is 1.60. The van der Waals surface area contributed by atoms with Crippen LogP contribution in [0.15, 0.2) is 54.7 Å². The van der Waals surface area contributed by atoms with Crippen LogP contribution >= 0.6 is 0 Å². The van der Waals surface area contributed by atoms with Crippen molar-refractivity contribution in [3.8, 4) is 17.6 Å². The first-order chi connectivity index (χ1) is 17.9. The molecule has 2 heterocycles. The lowest BCUT2D eigenvalue weighted by Crippen LogP contribution is -2.41. The van der Waals surface area contributed by atoms with Crippen molar-refractivity contribution in [3.05, 3.63) is 71.4 Å². The van der Waals surface area contributed by atoms with Crippen LogP contribution in [-0.4, -0.2) is 47.7 Å².